The fourth-order valence-corrected chi connectivity index (χ4v) is 3.76. The van der Waals surface area contributed by atoms with Crippen LogP contribution in [-0.4, -0.2) is 71.8 Å². The number of nitrogens with zero attached hydrogens (tertiary/aromatic N) is 1. The van der Waals surface area contributed by atoms with Crippen molar-refractivity contribution in [2.75, 3.05) is 26.3 Å². The lowest BCUT2D eigenvalue weighted by atomic mass is 10.00. The molecule has 0 spiro atoms. The summed E-state index contributed by atoms with van der Waals surface area (Å²) in [5, 5.41) is 15.2. The molecule has 0 radical (unpaired) electrons. The number of aliphatic hydroxyl groups is 1. The Kier molecular flexibility index (Phi) is 14.4. The molecule has 0 aliphatic carbocycles. The molecule has 10 heteroatoms. The summed E-state index contributed by atoms with van der Waals surface area (Å²) in [7, 11) is 0. The summed E-state index contributed by atoms with van der Waals surface area (Å²) in [5.41, 5.74) is 0.851. The van der Waals surface area contributed by atoms with E-state index in [-0.39, 0.29) is 26.1 Å². The second kappa shape index (κ2) is 16.7. The van der Waals surface area contributed by atoms with E-state index in [1.54, 1.807) is 39.8 Å². The van der Waals surface area contributed by atoms with Gasteiger partial charge < -0.3 is 30.1 Å². The Balaban J connectivity index is 3.33. The van der Waals surface area contributed by atoms with E-state index in [4.69, 9.17) is 9.47 Å². The molecule has 0 aromatic heterocycles. The average Bonchev–Trinajstić information content (AvgIpc) is 2.85. The van der Waals surface area contributed by atoms with Gasteiger partial charge in [-0.1, -0.05) is 51.0 Å². The zero-order chi connectivity index (χ0) is 28.7. The van der Waals surface area contributed by atoms with Crippen LogP contribution in [0, 0.1) is 0 Å². The van der Waals surface area contributed by atoms with Crippen molar-refractivity contribution in [3.63, 3.8) is 0 Å². The Labute approximate surface area is 226 Å². The number of nitrogens with one attached hydrogen (secondary N) is 2. The highest BCUT2D eigenvalue weighted by atomic mass is 16.6. The van der Waals surface area contributed by atoms with Crippen LogP contribution in [0.5, 0.6) is 0 Å². The standard InChI is InChI=1S/C28H45N3O7/c1-7-10-11-18-31(26(35)22(19-32)30-27(36)38-28(4,5)6)24(21-14-12-20(8-2)13-15-21)25(34)29-17-16-23(33)37-9-3/h12-15,22,24,32H,7-11,16-19H2,1-6H3,(H,29,34)(H,30,36). The first-order valence-electron chi connectivity index (χ1n) is 13.4. The van der Waals surface area contributed by atoms with Crippen molar-refractivity contribution >= 4 is 23.9 Å². The third kappa shape index (κ3) is 11.5. The van der Waals surface area contributed by atoms with Crippen LogP contribution in [0.3, 0.4) is 0 Å². The Morgan fingerprint density at radius 2 is 1.68 bits per heavy atom. The van der Waals surface area contributed by atoms with Crippen LogP contribution in [0.25, 0.3) is 0 Å². The topological polar surface area (TPSA) is 134 Å². The number of carbonyl (C=O) groups is 4. The number of amides is 3. The summed E-state index contributed by atoms with van der Waals surface area (Å²) in [6.07, 6.45) is 2.28. The fourth-order valence-electron chi connectivity index (χ4n) is 3.76. The third-order valence-corrected chi connectivity index (χ3v) is 5.65. The van der Waals surface area contributed by atoms with Crippen molar-refractivity contribution < 1.29 is 33.8 Å². The van der Waals surface area contributed by atoms with Gasteiger partial charge in [0.05, 0.1) is 19.6 Å². The molecule has 0 fully saturated rings. The van der Waals surface area contributed by atoms with Gasteiger partial charge in [-0.2, -0.15) is 0 Å². The zero-order valence-electron chi connectivity index (χ0n) is 23.7. The molecular formula is C28H45N3O7. The fraction of sp³-hybridized carbons (Fsp3) is 0.643. The monoisotopic (exact) mass is 535 g/mol. The second-order valence-electron chi connectivity index (χ2n) is 9.96. The first-order chi connectivity index (χ1) is 18.0. The Morgan fingerprint density at radius 3 is 2.21 bits per heavy atom. The van der Waals surface area contributed by atoms with Crippen LogP contribution in [-0.2, 0) is 30.3 Å². The molecule has 2 atom stereocenters. The van der Waals surface area contributed by atoms with Crippen LogP contribution >= 0.6 is 0 Å². The van der Waals surface area contributed by atoms with Crippen molar-refractivity contribution in [3.05, 3.63) is 35.4 Å². The van der Waals surface area contributed by atoms with E-state index in [0.29, 0.717) is 12.0 Å². The average molecular weight is 536 g/mol. The van der Waals surface area contributed by atoms with Crippen LogP contribution in [0.4, 0.5) is 4.79 Å². The van der Waals surface area contributed by atoms with Crippen molar-refractivity contribution in [1.82, 2.24) is 15.5 Å². The van der Waals surface area contributed by atoms with Gasteiger partial charge in [-0.15, -0.1) is 0 Å². The normalized spacial score (nSPS) is 12.7. The second-order valence-corrected chi connectivity index (χ2v) is 9.96. The molecule has 1 rings (SSSR count). The predicted molar refractivity (Wildman–Crippen MR) is 144 cm³/mol. The third-order valence-electron chi connectivity index (χ3n) is 5.65. The lowest BCUT2D eigenvalue weighted by Gasteiger charge is -2.34. The van der Waals surface area contributed by atoms with Gasteiger partial charge in [0.25, 0.3) is 0 Å². The van der Waals surface area contributed by atoms with Gasteiger partial charge in [-0.05, 0) is 51.7 Å². The molecule has 0 bridgehead atoms. The van der Waals surface area contributed by atoms with Gasteiger partial charge in [0.15, 0.2) is 0 Å². The Hall–Kier alpha value is -3.14. The molecule has 1 aromatic rings. The highest BCUT2D eigenvalue weighted by molar-refractivity contribution is 5.92. The van der Waals surface area contributed by atoms with E-state index in [0.717, 1.165) is 24.8 Å². The molecule has 0 saturated heterocycles. The minimum absolute atomic E-state index is 0.00961. The molecular weight excluding hydrogens is 490 g/mol. The minimum atomic E-state index is -1.31. The van der Waals surface area contributed by atoms with Crippen molar-refractivity contribution in [2.45, 2.75) is 91.3 Å². The SMILES string of the molecule is CCCCCN(C(=O)C(CO)NC(=O)OC(C)(C)C)C(C(=O)NCCC(=O)OCC)c1ccc(CC)cc1. The lowest BCUT2D eigenvalue weighted by Crippen LogP contribution is -2.54. The number of hydrogen-bond acceptors (Lipinski definition) is 7. The number of unbranched alkanes of at least 4 members (excludes halogenated alkanes) is 2. The minimum Gasteiger partial charge on any atom is -0.466 e. The molecule has 0 heterocycles. The van der Waals surface area contributed by atoms with Gasteiger partial charge in [0, 0.05) is 13.1 Å². The summed E-state index contributed by atoms with van der Waals surface area (Å²) in [6.45, 7) is 10.7. The molecule has 3 amide bonds. The molecule has 3 N–H and O–H groups in total. The summed E-state index contributed by atoms with van der Waals surface area (Å²) in [5.74, 6) is -1.52. The van der Waals surface area contributed by atoms with E-state index in [1.807, 2.05) is 26.0 Å². The van der Waals surface area contributed by atoms with Crippen LogP contribution in [0.15, 0.2) is 24.3 Å². The van der Waals surface area contributed by atoms with Crippen LogP contribution in [0.1, 0.15) is 84.4 Å². The largest absolute Gasteiger partial charge is 0.466 e. The maximum atomic E-state index is 13.7. The Morgan fingerprint density at radius 1 is 1.03 bits per heavy atom. The van der Waals surface area contributed by atoms with E-state index in [9.17, 15) is 24.3 Å². The van der Waals surface area contributed by atoms with Crippen LogP contribution in [0.2, 0.25) is 0 Å². The van der Waals surface area contributed by atoms with E-state index in [2.05, 4.69) is 10.6 Å². The zero-order valence-corrected chi connectivity index (χ0v) is 23.7. The molecule has 38 heavy (non-hydrogen) atoms. The molecule has 0 aliphatic rings. The Bertz CT molecular complexity index is 897. The van der Waals surface area contributed by atoms with Crippen molar-refractivity contribution in [1.29, 1.82) is 0 Å². The number of aliphatic hydroxyl groups excluding tert-OH is 1. The highest BCUT2D eigenvalue weighted by Crippen LogP contribution is 2.24. The molecule has 1 aromatic carbocycles. The summed E-state index contributed by atoms with van der Waals surface area (Å²) in [6, 6.07) is 5.03. The number of ether oxygens (including phenoxy) is 2. The molecule has 214 valence electrons. The van der Waals surface area contributed by atoms with Crippen molar-refractivity contribution in [2.24, 2.45) is 0 Å². The number of hydrogen-bond donors (Lipinski definition) is 3. The van der Waals surface area contributed by atoms with E-state index >= 15 is 0 Å². The number of carbonyl (C=O) groups excluding carboxylic acids is 4. The maximum absolute atomic E-state index is 13.7. The van der Waals surface area contributed by atoms with Gasteiger partial charge in [0.1, 0.15) is 17.7 Å². The lowest BCUT2D eigenvalue weighted by molar-refractivity contribution is -0.144. The first kappa shape index (κ1) is 32.9. The summed E-state index contributed by atoms with van der Waals surface area (Å²) < 4.78 is 10.2. The van der Waals surface area contributed by atoms with Gasteiger partial charge in [-0.25, -0.2) is 4.79 Å². The van der Waals surface area contributed by atoms with Crippen LogP contribution < -0.4 is 10.6 Å². The van der Waals surface area contributed by atoms with Crippen molar-refractivity contribution in [3.8, 4) is 0 Å². The number of aryl methyl sites for hydroxylation is 1. The summed E-state index contributed by atoms with van der Waals surface area (Å²) >= 11 is 0. The smallest absolute Gasteiger partial charge is 0.408 e. The van der Waals surface area contributed by atoms with Gasteiger partial charge in [-0.3, -0.25) is 14.4 Å². The van der Waals surface area contributed by atoms with E-state index < -0.39 is 48.2 Å². The highest BCUT2D eigenvalue weighted by Gasteiger charge is 2.35. The number of benzene rings is 1. The molecule has 0 aliphatic heterocycles. The summed E-state index contributed by atoms with van der Waals surface area (Å²) in [4.78, 5) is 52.8. The van der Waals surface area contributed by atoms with Gasteiger partial charge in [0.2, 0.25) is 11.8 Å². The quantitative estimate of drug-likeness (QED) is 0.232. The predicted octanol–water partition coefficient (Wildman–Crippen LogP) is 3.26. The molecule has 2 unspecified atom stereocenters. The number of alkyl carbamates (subject to hydrolysis) is 1. The first-order valence-corrected chi connectivity index (χ1v) is 13.4. The molecule has 0 saturated carbocycles. The number of rotatable bonds is 15. The maximum Gasteiger partial charge on any atom is 0.408 e. The number of esters is 1. The molecule has 10 nitrogen and oxygen atoms in total. The van der Waals surface area contributed by atoms with E-state index in [1.165, 1.54) is 4.90 Å². The van der Waals surface area contributed by atoms with Gasteiger partial charge >= 0.3 is 12.1 Å².